The summed E-state index contributed by atoms with van der Waals surface area (Å²) in [5.74, 6) is 0.769. The van der Waals surface area contributed by atoms with Gasteiger partial charge in [-0.25, -0.2) is 18.5 Å². The van der Waals surface area contributed by atoms with Crippen molar-refractivity contribution >= 4 is 33.2 Å². The summed E-state index contributed by atoms with van der Waals surface area (Å²) >= 11 is 11.9. The van der Waals surface area contributed by atoms with Crippen LogP contribution in [-0.2, 0) is 10.0 Å². The third-order valence-corrected chi connectivity index (χ3v) is 4.85. The van der Waals surface area contributed by atoms with Crippen LogP contribution in [0.25, 0.3) is 22.8 Å². The van der Waals surface area contributed by atoms with Gasteiger partial charge in [-0.1, -0.05) is 23.2 Å². The van der Waals surface area contributed by atoms with Gasteiger partial charge in [-0.15, -0.1) is 0 Å². The first-order chi connectivity index (χ1) is 10.9. The quantitative estimate of drug-likeness (QED) is 0.735. The number of aromatic amines is 1. The highest BCUT2D eigenvalue weighted by atomic mass is 35.5. The van der Waals surface area contributed by atoms with Gasteiger partial charge in [0.2, 0.25) is 10.0 Å². The summed E-state index contributed by atoms with van der Waals surface area (Å²) in [5.41, 5.74) is 1.16. The zero-order valence-corrected chi connectivity index (χ0v) is 13.7. The zero-order chi connectivity index (χ0) is 16.6. The van der Waals surface area contributed by atoms with Crippen molar-refractivity contribution in [3.05, 3.63) is 46.7 Å². The van der Waals surface area contributed by atoms with Crippen molar-refractivity contribution in [2.45, 2.75) is 4.90 Å². The monoisotopic (exact) mass is 369 g/mol. The molecule has 10 heteroatoms. The largest absolute Gasteiger partial charge is 0.265 e. The minimum absolute atomic E-state index is 0.0449. The summed E-state index contributed by atoms with van der Waals surface area (Å²) in [6.07, 6.45) is 3.24. The summed E-state index contributed by atoms with van der Waals surface area (Å²) in [5, 5.41) is 11.9. The van der Waals surface area contributed by atoms with Crippen LogP contribution in [-0.4, -0.2) is 28.6 Å². The molecule has 0 spiro atoms. The number of nitrogens with one attached hydrogen (secondary N) is 1. The number of rotatable bonds is 3. The van der Waals surface area contributed by atoms with E-state index in [0.717, 1.165) is 5.56 Å². The van der Waals surface area contributed by atoms with Crippen molar-refractivity contribution in [1.29, 1.82) is 0 Å². The molecule has 0 atom stereocenters. The van der Waals surface area contributed by atoms with Gasteiger partial charge in [0.25, 0.3) is 0 Å². The summed E-state index contributed by atoms with van der Waals surface area (Å²) in [6, 6.07) is 6.27. The molecular formula is C13H9Cl2N5O2S. The van der Waals surface area contributed by atoms with Gasteiger partial charge in [-0.2, -0.15) is 5.10 Å². The van der Waals surface area contributed by atoms with Crippen molar-refractivity contribution < 1.29 is 8.42 Å². The molecular weight excluding hydrogens is 361 g/mol. The van der Waals surface area contributed by atoms with E-state index in [2.05, 4.69) is 20.2 Å². The second kappa shape index (κ2) is 5.89. The van der Waals surface area contributed by atoms with Gasteiger partial charge in [0.05, 0.1) is 10.0 Å². The number of nitrogens with zero attached hydrogens (tertiary/aromatic N) is 3. The maximum Gasteiger partial charge on any atom is 0.239 e. The van der Waals surface area contributed by atoms with Gasteiger partial charge < -0.3 is 0 Å². The predicted molar refractivity (Wildman–Crippen MR) is 86.4 cm³/mol. The van der Waals surface area contributed by atoms with E-state index in [-0.39, 0.29) is 20.8 Å². The normalized spacial score (nSPS) is 11.6. The first-order valence-electron chi connectivity index (χ1n) is 6.21. The van der Waals surface area contributed by atoms with Crippen molar-refractivity contribution in [3.8, 4) is 22.8 Å². The van der Waals surface area contributed by atoms with Crippen LogP contribution >= 0.6 is 23.2 Å². The van der Waals surface area contributed by atoms with Crippen molar-refractivity contribution in [2.75, 3.05) is 0 Å². The highest BCUT2D eigenvalue weighted by molar-refractivity contribution is 7.89. The molecule has 0 radical (unpaired) electrons. The smallest absolute Gasteiger partial charge is 0.239 e. The molecule has 3 rings (SSSR count). The molecule has 0 saturated heterocycles. The molecule has 2 aromatic heterocycles. The molecule has 0 fully saturated rings. The minimum atomic E-state index is -4.02. The van der Waals surface area contributed by atoms with E-state index in [9.17, 15) is 8.42 Å². The van der Waals surface area contributed by atoms with E-state index in [1.807, 2.05) is 0 Å². The third kappa shape index (κ3) is 3.20. The molecule has 0 aliphatic carbocycles. The van der Waals surface area contributed by atoms with Gasteiger partial charge in [-0.3, -0.25) is 10.1 Å². The summed E-state index contributed by atoms with van der Waals surface area (Å²) in [6.45, 7) is 0. The van der Waals surface area contributed by atoms with E-state index < -0.39 is 10.0 Å². The highest BCUT2D eigenvalue weighted by Gasteiger charge is 2.19. The van der Waals surface area contributed by atoms with E-state index in [1.165, 1.54) is 12.1 Å². The molecule has 1 aromatic carbocycles. The molecule has 0 saturated carbocycles. The Kier molecular flexibility index (Phi) is 4.07. The lowest BCUT2D eigenvalue weighted by molar-refractivity contribution is 0.598. The number of H-pyrrole nitrogens is 1. The third-order valence-electron chi connectivity index (χ3n) is 3.00. The van der Waals surface area contributed by atoms with Gasteiger partial charge in [-0.05, 0) is 24.3 Å². The SMILES string of the molecule is NS(=O)(=O)c1cc(-c2n[nH]c(-c3ccncc3)n2)cc(Cl)c1Cl. The average Bonchev–Trinajstić information content (AvgIpc) is 2.99. The Morgan fingerprint density at radius 2 is 1.78 bits per heavy atom. The molecule has 0 amide bonds. The number of primary sulfonamides is 1. The van der Waals surface area contributed by atoms with E-state index in [1.54, 1.807) is 24.5 Å². The van der Waals surface area contributed by atoms with E-state index in [4.69, 9.17) is 28.3 Å². The van der Waals surface area contributed by atoms with Crippen molar-refractivity contribution in [1.82, 2.24) is 20.2 Å². The lowest BCUT2D eigenvalue weighted by atomic mass is 10.2. The van der Waals surface area contributed by atoms with Crippen LogP contribution in [0.15, 0.2) is 41.6 Å². The Balaban J connectivity index is 2.10. The molecule has 118 valence electrons. The number of benzene rings is 1. The fourth-order valence-corrected chi connectivity index (χ4v) is 3.29. The molecule has 3 N–H and O–H groups in total. The number of halogens is 2. The number of sulfonamides is 1. The first-order valence-corrected chi connectivity index (χ1v) is 8.51. The molecule has 3 aromatic rings. The number of pyridine rings is 1. The fraction of sp³-hybridized carbons (Fsp3) is 0. The maximum absolute atomic E-state index is 11.6. The number of aromatic nitrogens is 4. The molecule has 23 heavy (non-hydrogen) atoms. The topological polar surface area (TPSA) is 115 Å². The molecule has 0 aliphatic heterocycles. The van der Waals surface area contributed by atoms with E-state index in [0.29, 0.717) is 11.4 Å². The molecule has 0 bridgehead atoms. The molecule has 2 heterocycles. The Morgan fingerprint density at radius 3 is 2.43 bits per heavy atom. The van der Waals surface area contributed by atoms with Gasteiger partial charge in [0.1, 0.15) is 4.90 Å². The predicted octanol–water partition coefficient (Wildman–Crippen LogP) is 2.49. The molecule has 0 aliphatic rings. The summed E-state index contributed by atoms with van der Waals surface area (Å²) < 4.78 is 23.2. The summed E-state index contributed by atoms with van der Waals surface area (Å²) in [4.78, 5) is 7.95. The van der Waals surface area contributed by atoms with Crippen LogP contribution in [0.4, 0.5) is 0 Å². The Hall–Kier alpha value is -2.00. The summed E-state index contributed by atoms with van der Waals surface area (Å²) in [7, 11) is -4.02. The average molecular weight is 370 g/mol. The lowest BCUT2D eigenvalue weighted by Crippen LogP contribution is -2.13. The fourth-order valence-electron chi connectivity index (χ4n) is 1.93. The van der Waals surface area contributed by atoms with Crippen LogP contribution in [0.3, 0.4) is 0 Å². The Bertz CT molecular complexity index is 973. The van der Waals surface area contributed by atoms with Crippen molar-refractivity contribution in [3.63, 3.8) is 0 Å². The second-order valence-corrected chi connectivity index (χ2v) is 6.87. The van der Waals surface area contributed by atoms with Crippen LogP contribution in [0.2, 0.25) is 10.0 Å². The zero-order valence-electron chi connectivity index (χ0n) is 11.4. The minimum Gasteiger partial charge on any atom is -0.265 e. The van der Waals surface area contributed by atoms with Crippen LogP contribution in [0, 0.1) is 0 Å². The standard InChI is InChI=1S/C13H9Cl2N5O2S/c14-9-5-8(6-10(11(9)15)23(16,21)22)13-18-12(19-20-13)7-1-3-17-4-2-7/h1-6H,(H2,16,21,22)(H,18,19,20). The maximum atomic E-state index is 11.6. The van der Waals surface area contributed by atoms with Gasteiger partial charge >= 0.3 is 0 Å². The van der Waals surface area contributed by atoms with Gasteiger partial charge in [0, 0.05) is 23.5 Å². The van der Waals surface area contributed by atoms with Gasteiger partial charge in [0.15, 0.2) is 11.6 Å². The number of hydrogen-bond acceptors (Lipinski definition) is 5. The Labute approximate surface area is 141 Å². The molecule has 0 unspecified atom stereocenters. The number of hydrogen-bond donors (Lipinski definition) is 2. The van der Waals surface area contributed by atoms with E-state index >= 15 is 0 Å². The van der Waals surface area contributed by atoms with Crippen LogP contribution in [0.1, 0.15) is 0 Å². The highest BCUT2D eigenvalue weighted by Crippen LogP contribution is 2.33. The van der Waals surface area contributed by atoms with Crippen LogP contribution < -0.4 is 5.14 Å². The Morgan fingerprint density at radius 1 is 1.09 bits per heavy atom. The number of nitrogens with two attached hydrogens (primary N) is 1. The molecule has 7 nitrogen and oxygen atoms in total. The van der Waals surface area contributed by atoms with Crippen LogP contribution in [0.5, 0.6) is 0 Å². The first kappa shape index (κ1) is 15.9. The lowest BCUT2D eigenvalue weighted by Gasteiger charge is -2.05. The second-order valence-electron chi connectivity index (χ2n) is 4.56. The van der Waals surface area contributed by atoms with Crippen molar-refractivity contribution in [2.24, 2.45) is 5.14 Å².